The number of fused-ring (bicyclic) bond motifs is 2. The minimum Gasteiger partial charge on any atom is -0.348 e. The van der Waals surface area contributed by atoms with Crippen LogP contribution >= 0.6 is 0 Å². The summed E-state index contributed by atoms with van der Waals surface area (Å²) in [6, 6.07) is 13.1. The van der Waals surface area contributed by atoms with Gasteiger partial charge in [-0.25, -0.2) is 4.68 Å². The molecule has 0 unspecified atom stereocenters. The van der Waals surface area contributed by atoms with Gasteiger partial charge in [-0.3, -0.25) is 9.78 Å². The molecule has 0 saturated carbocycles. The summed E-state index contributed by atoms with van der Waals surface area (Å²) < 4.78 is 40.7. The van der Waals surface area contributed by atoms with Crippen LogP contribution in [0.3, 0.4) is 0 Å². The number of nitrogens with zero attached hydrogens (tertiary/aromatic N) is 5. The molecular formula is C25H25F3N6O. The van der Waals surface area contributed by atoms with Crippen LogP contribution in [0, 0.1) is 0 Å². The van der Waals surface area contributed by atoms with E-state index < -0.39 is 11.7 Å². The summed E-state index contributed by atoms with van der Waals surface area (Å²) in [5.74, 6) is -0.155. The Labute approximate surface area is 199 Å². The van der Waals surface area contributed by atoms with E-state index in [4.69, 9.17) is 0 Å². The Balaban J connectivity index is 1.16. The second-order valence-electron chi connectivity index (χ2n) is 9.06. The lowest BCUT2D eigenvalue weighted by Gasteiger charge is -2.33. The first kappa shape index (κ1) is 23.2. The third kappa shape index (κ3) is 4.97. The molecule has 0 radical (unpaired) electrons. The molecule has 2 aromatic carbocycles. The van der Waals surface area contributed by atoms with Crippen molar-refractivity contribution < 1.29 is 18.0 Å². The van der Waals surface area contributed by atoms with Crippen molar-refractivity contribution in [1.29, 1.82) is 0 Å². The van der Waals surface area contributed by atoms with Crippen LogP contribution in [0.15, 0.2) is 54.7 Å². The molecule has 10 heteroatoms. The number of halogens is 3. The molecule has 1 aliphatic rings. The fourth-order valence-electron chi connectivity index (χ4n) is 4.67. The Morgan fingerprint density at radius 1 is 1.11 bits per heavy atom. The van der Waals surface area contributed by atoms with E-state index in [9.17, 15) is 18.0 Å². The largest absolute Gasteiger partial charge is 0.416 e. The highest BCUT2D eigenvalue weighted by atomic mass is 19.4. The van der Waals surface area contributed by atoms with Gasteiger partial charge in [-0.2, -0.15) is 13.2 Å². The van der Waals surface area contributed by atoms with Crippen LogP contribution in [0.4, 0.5) is 13.2 Å². The number of alkyl halides is 3. The maximum Gasteiger partial charge on any atom is 0.416 e. The number of amides is 1. The fraction of sp³-hybridized carbons (Fsp3) is 0.360. The minimum atomic E-state index is -4.40. The number of piperidine rings is 1. The summed E-state index contributed by atoms with van der Waals surface area (Å²) in [4.78, 5) is 19.3. The van der Waals surface area contributed by atoms with Crippen molar-refractivity contribution in [2.45, 2.75) is 38.0 Å². The molecule has 1 fully saturated rings. The second-order valence-corrected chi connectivity index (χ2v) is 9.06. The Bertz CT molecular complexity index is 1360. The van der Waals surface area contributed by atoms with Gasteiger partial charge in [0.15, 0.2) is 0 Å². The maximum atomic E-state index is 13.0. The average Bonchev–Trinajstić information content (AvgIpc) is 3.27. The van der Waals surface area contributed by atoms with E-state index in [-0.39, 0.29) is 23.5 Å². The van der Waals surface area contributed by atoms with Crippen LogP contribution < -0.4 is 5.32 Å². The van der Waals surface area contributed by atoms with Gasteiger partial charge >= 0.3 is 6.18 Å². The normalized spacial score (nSPS) is 16.6. The highest BCUT2D eigenvalue weighted by Gasteiger charge is 2.31. The van der Waals surface area contributed by atoms with Crippen molar-refractivity contribution in [3.8, 4) is 0 Å². The van der Waals surface area contributed by atoms with E-state index in [2.05, 4.69) is 25.5 Å². The topological polar surface area (TPSA) is 75.9 Å². The second kappa shape index (κ2) is 9.26. The van der Waals surface area contributed by atoms with E-state index >= 15 is 0 Å². The number of carbonyl (C=O) groups is 1. The van der Waals surface area contributed by atoms with Crippen LogP contribution in [0.2, 0.25) is 0 Å². The van der Waals surface area contributed by atoms with Crippen molar-refractivity contribution in [2.75, 3.05) is 19.6 Å². The maximum absolute atomic E-state index is 13.0. The first-order valence-electron chi connectivity index (χ1n) is 11.6. The zero-order valence-electron chi connectivity index (χ0n) is 19.2. The highest BCUT2D eigenvalue weighted by Crippen LogP contribution is 2.32. The molecule has 3 heterocycles. The number of hydrogen-bond donors (Lipinski definition) is 1. The Morgan fingerprint density at radius 2 is 1.89 bits per heavy atom. The monoisotopic (exact) mass is 482 g/mol. The molecule has 4 aromatic rings. The van der Waals surface area contributed by atoms with Crippen LogP contribution in [-0.2, 0) is 6.18 Å². The Morgan fingerprint density at radius 3 is 2.66 bits per heavy atom. The highest BCUT2D eigenvalue weighted by molar-refractivity contribution is 5.97. The number of pyridine rings is 1. The number of likely N-dealkylation sites (tertiary alicyclic amines) is 1. The van der Waals surface area contributed by atoms with Crippen molar-refractivity contribution in [2.24, 2.45) is 0 Å². The quantitative estimate of drug-likeness (QED) is 0.455. The van der Waals surface area contributed by atoms with Crippen molar-refractivity contribution >= 4 is 27.8 Å². The van der Waals surface area contributed by atoms with Gasteiger partial charge in [-0.1, -0.05) is 23.4 Å². The summed E-state index contributed by atoms with van der Waals surface area (Å²) in [6.07, 6.45) is -1.21. The van der Waals surface area contributed by atoms with Gasteiger partial charge in [0.1, 0.15) is 5.52 Å². The number of carbonyl (C=O) groups excluding carboxylic acids is 1. The molecule has 182 valence electrons. The summed E-state index contributed by atoms with van der Waals surface area (Å²) >= 11 is 0. The lowest BCUT2D eigenvalue weighted by molar-refractivity contribution is -0.137. The van der Waals surface area contributed by atoms with Gasteiger partial charge < -0.3 is 10.2 Å². The standard InChI is InChI=1S/C25H25F3N6O/c1-16(30-24(35)18-12-17-4-2-3-5-21(17)29-14-18)15-33-10-8-20(9-11-33)34-23-7-6-19(25(26,27)28)13-22(23)31-32-34/h2-7,12-14,16,20H,8-11,15H2,1H3,(H,30,35)/t16-/m0/s1. The molecule has 1 saturated heterocycles. The van der Waals surface area contributed by atoms with Crippen LogP contribution in [0.5, 0.6) is 0 Å². The van der Waals surface area contributed by atoms with Crippen molar-refractivity contribution in [3.63, 3.8) is 0 Å². The molecule has 35 heavy (non-hydrogen) atoms. The zero-order valence-corrected chi connectivity index (χ0v) is 19.2. The summed E-state index contributed by atoms with van der Waals surface area (Å²) in [6.45, 7) is 4.27. The van der Waals surface area contributed by atoms with E-state index in [0.717, 1.165) is 49.0 Å². The molecule has 1 atom stereocenters. The number of benzene rings is 2. The van der Waals surface area contributed by atoms with Crippen molar-refractivity contribution in [3.05, 3.63) is 65.9 Å². The molecule has 1 amide bonds. The minimum absolute atomic E-state index is 0.0569. The van der Waals surface area contributed by atoms with Crippen molar-refractivity contribution in [1.82, 2.24) is 30.2 Å². The lowest BCUT2D eigenvalue weighted by atomic mass is 10.0. The van der Waals surface area contributed by atoms with Gasteiger partial charge in [-0.15, -0.1) is 5.10 Å². The number of aromatic nitrogens is 4. The number of nitrogens with one attached hydrogen (secondary N) is 1. The van der Waals surface area contributed by atoms with E-state index in [1.807, 2.05) is 37.3 Å². The molecule has 7 nitrogen and oxygen atoms in total. The SMILES string of the molecule is C[C@@H](CN1CCC(n2nnc3cc(C(F)(F)F)ccc32)CC1)NC(=O)c1cnc2ccccc2c1. The molecule has 5 rings (SSSR count). The lowest BCUT2D eigenvalue weighted by Crippen LogP contribution is -2.45. The van der Waals surface area contributed by atoms with Crippen LogP contribution in [0.1, 0.15) is 41.7 Å². The molecule has 1 N–H and O–H groups in total. The third-order valence-electron chi connectivity index (χ3n) is 6.46. The summed E-state index contributed by atoms with van der Waals surface area (Å²) in [7, 11) is 0. The van der Waals surface area contributed by atoms with Gasteiger partial charge in [0.05, 0.1) is 28.2 Å². The smallest absolute Gasteiger partial charge is 0.348 e. The summed E-state index contributed by atoms with van der Waals surface area (Å²) in [5.41, 5.74) is 1.52. The molecule has 1 aliphatic heterocycles. The van der Waals surface area contributed by atoms with E-state index in [1.54, 1.807) is 10.9 Å². The number of para-hydroxylation sites is 1. The van der Waals surface area contributed by atoms with Gasteiger partial charge in [0, 0.05) is 37.3 Å². The molecular weight excluding hydrogens is 457 g/mol. The van der Waals surface area contributed by atoms with E-state index in [0.29, 0.717) is 17.6 Å². The Hall–Kier alpha value is -3.53. The Kier molecular flexibility index (Phi) is 6.14. The van der Waals surface area contributed by atoms with Gasteiger partial charge in [0.2, 0.25) is 0 Å². The number of rotatable bonds is 5. The predicted octanol–water partition coefficient (Wildman–Crippen LogP) is 4.45. The molecule has 0 bridgehead atoms. The third-order valence-corrected chi connectivity index (χ3v) is 6.46. The predicted molar refractivity (Wildman–Crippen MR) is 126 cm³/mol. The van der Waals surface area contributed by atoms with Crippen LogP contribution in [0.25, 0.3) is 21.9 Å². The number of hydrogen-bond acceptors (Lipinski definition) is 5. The first-order chi connectivity index (χ1) is 16.8. The average molecular weight is 483 g/mol. The fourth-order valence-corrected chi connectivity index (χ4v) is 4.67. The molecule has 2 aromatic heterocycles. The summed E-state index contributed by atoms with van der Waals surface area (Å²) in [5, 5.41) is 12.1. The van der Waals surface area contributed by atoms with Gasteiger partial charge in [0.25, 0.3) is 5.91 Å². The first-order valence-corrected chi connectivity index (χ1v) is 11.6. The van der Waals surface area contributed by atoms with Crippen LogP contribution in [-0.4, -0.2) is 56.5 Å². The zero-order chi connectivity index (χ0) is 24.6. The molecule has 0 spiro atoms. The molecule has 0 aliphatic carbocycles. The van der Waals surface area contributed by atoms with Gasteiger partial charge in [-0.05, 0) is 50.1 Å². The van der Waals surface area contributed by atoms with E-state index in [1.165, 1.54) is 6.07 Å².